The van der Waals surface area contributed by atoms with Gasteiger partial charge in [-0.05, 0) is 49.4 Å². The fraction of sp³-hybridized carbons (Fsp3) is 0.235. The summed E-state index contributed by atoms with van der Waals surface area (Å²) in [7, 11) is 0. The van der Waals surface area contributed by atoms with E-state index in [9.17, 15) is 4.79 Å². The highest BCUT2D eigenvalue weighted by Gasteiger charge is 2.13. The zero-order valence-electron chi connectivity index (χ0n) is 12.3. The van der Waals surface area contributed by atoms with Crippen LogP contribution in [0.5, 0.6) is 0 Å². The van der Waals surface area contributed by atoms with Crippen LogP contribution in [-0.2, 0) is 0 Å². The molecule has 6 heteroatoms. The maximum absolute atomic E-state index is 12.5. The number of allylic oxidation sites excluding steroid dienone is 2. The molecule has 1 aliphatic rings. The SMILES string of the molecule is O=c1/c(=C/C2CC=CCC2)sc2nc(-c3ccc(Cl)cc3)nn12. The maximum atomic E-state index is 12.5. The van der Waals surface area contributed by atoms with E-state index in [4.69, 9.17) is 11.6 Å². The summed E-state index contributed by atoms with van der Waals surface area (Å²) in [4.78, 5) is 17.6. The molecule has 2 aromatic heterocycles. The Balaban J connectivity index is 1.74. The lowest BCUT2D eigenvalue weighted by Crippen LogP contribution is -2.25. The van der Waals surface area contributed by atoms with Gasteiger partial charge in [-0.15, -0.1) is 5.10 Å². The summed E-state index contributed by atoms with van der Waals surface area (Å²) in [5, 5.41) is 5.02. The van der Waals surface area contributed by atoms with Gasteiger partial charge in [0.1, 0.15) is 0 Å². The van der Waals surface area contributed by atoms with Gasteiger partial charge in [-0.25, -0.2) is 0 Å². The summed E-state index contributed by atoms with van der Waals surface area (Å²) in [6.07, 6.45) is 9.64. The molecule has 0 aliphatic heterocycles. The van der Waals surface area contributed by atoms with E-state index < -0.39 is 0 Å². The quantitative estimate of drug-likeness (QED) is 0.670. The van der Waals surface area contributed by atoms with Gasteiger partial charge >= 0.3 is 0 Å². The molecule has 23 heavy (non-hydrogen) atoms. The molecule has 0 saturated heterocycles. The molecule has 0 N–H and O–H groups in total. The number of aromatic nitrogens is 3. The normalized spacial score (nSPS) is 18.8. The summed E-state index contributed by atoms with van der Waals surface area (Å²) in [6, 6.07) is 7.29. The van der Waals surface area contributed by atoms with Gasteiger partial charge in [-0.2, -0.15) is 9.50 Å². The summed E-state index contributed by atoms with van der Waals surface area (Å²) in [6.45, 7) is 0. The summed E-state index contributed by atoms with van der Waals surface area (Å²) in [5.41, 5.74) is 0.778. The molecular weight excluding hydrogens is 330 g/mol. The van der Waals surface area contributed by atoms with Crippen LogP contribution in [0.4, 0.5) is 0 Å². The first-order chi connectivity index (χ1) is 11.2. The molecule has 2 heterocycles. The zero-order valence-corrected chi connectivity index (χ0v) is 13.8. The lowest BCUT2D eigenvalue weighted by Gasteiger charge is -2.11. The van der Waals surface area contributed by atoms with Crippen molar-refractivity contribution in [2.24, 2.45) is 5.92 Å². The van der Waals surface area contributed by atoms with Crippen molar-refractivity contribution in [1.29, 1.82) is 0 Å². The van der Waals surface area contributed by atoms with E-state index in [0.29, 0.717) is 21.7 Å². The number of thiazole rings is 1. The third-order valence-corrected chi connectivity index (χ3v) is 5.21. The molecule has 1 aliphatic carbocycles. The second-order valence-corrected chi connectivity index (χ2v) is 7.06. The number of halogens is 1. The van der Waals surface area contributed by atoms with E-state index >= 15 is 0 Å². The first-order valence-corrected chi connectivity index (χ1v) is 8.72. The van der Waals surface area contributed by atoms with Gasteiger partial charge in [0.25, 0.3) is 5.56 Å². The van der Waals surface area contributed by atoms with Gasteiger partial charge in [-0.3, -0.25) is 4.79 Å². The van der Waals surface area contributed by atoms with Crippen LogP contribution in [0.25, 0.3) is 22.4 Å². The average molecular weight is 344 g/mol. The van der Waals surface area contributed by atoms with Crippen molar-refractivity contribution in [3.63, 3.8) is 0 Å². The average Bonchev–Trinajstić information content (AvgIpc) is 3.10. The van der Waals surface area contributed by atoms with E-state index in [0.717, 1.165) is 29.4 Å². The van der Waals surface area contributed by atoms with Crippen molar-refractivity contribution in [3.05, 3.63) is 56.3 Å². The van der Waals surface area contributed by atoms with E-state index in [1.54, 1.807) is 12.1 Å². The Hall–Kier alpha value is -1.98. The Kier molecular flexibility index (Phi) is 3.75. The number of rotatable bonds is 2. The highest BCUT2D eigenvalue weighted by molar-refractivity contribution is 7.15. The Bertz CT molecular complexity index is 987. The fourth-order valence-corrected chi connectivity index (χ4v) is 3.85. The Morgan fingerprint density at radius 3 is 2.78 bits per heavy atom. The predicted octanol–water partition coefficient (Wildman–Crippen LogP) is 3.33. The van der Waals surface area contributed by atoms with Crippen molar-refractivity contribution < 1.29 is 0 Å². The van der Waals surface area contributed by atoms with Crippen LogP contribution in [0.15, 0.2) is 41.2 Å². The molecular formula is C17H14ClN3OS. The monoisotopic (exact) mass is 343 g/mol. The van der Waals surface area contributed by atoms with E-state index in [-0.39, 0.29) is 5.56 Å². The van der Waals surface area contributed by atoms with Crippen molar-refractivity contribution in [1.82, 2.24) is 14.6 Å². The van der Waals surface area contributed by atoms with Gasteiger partial charge < -0.3 is 0 Å². The maximum Gasteiger partial charge on any atom is 0.290 e. The highest BCUT2D eigenvalue weighted by atomic mass is 35.5. The molecule has 1 aromatic carbocycles. The van der Waals surface area contributed by atoms with Crippen molar-refractivity contribution >= 4 is 34.0 Å². The largest absolute Gasteiger partial charge is 0.290 e. The molecule has 0 amide bonds. The Morgan fingerprint density at radius 2 is 2.09 bits per heavy atom. The van der Waals surface area contributed by atoms with Crippen LogP contribution < -0.4 is 10.1 Å². The lowest BCUT2D eigenvalue weighted by atomic mass is 9.94. The third-order valence-electron chi connectivity index (χ3n) is 3.98. The van der Waals surface area contributed by atoms with E-state index in [2.05, 4.69) is 28.3 Å². The third kappa shape index (κ3) is 2.82. The van der Waals surface area contributed by atoms with Crippen molar-refractivity contribution in [3.8, 4) is 11.4 Å². The molecule has 0 saturated carbocycles. The van der Waals surface area contributed by atoms with Crippen molar-refractivity contribution in [2.45, 2.75) is 19.3 Å². The Morgan fingerprint density at radius 1 is 1.26 bits per heavy atom. The fourth-order valence-electron chi connectivity index (χ4n) is 2.75. The van der Waals surface area contributed by atoms with E-state index in [1.165, 1.54) is 15.9 Å². The number of benzene rings is 1. The van der Waals surface area contributed by atoms with Crippen LogP contribution in [0.1, 0.15) is 19.3 Å². The second-order valence-electron chi connectivity index (χ2n) is 5.62. The second kappa shape index (κ2) is 5.91. The van der Waals surface area contributed by atoms with Crippen LogP contribution in [0.2, 0.25) is 5.02 Å². The van der Waals surface area contributed by atoms with Gasteiger partial charge in [0.05, 0.1) is 4.53 Å². The molecule has 3 aromatic rings. The number of fused-ring (bicyclic) bond motifs is 1. The molecule has 0 spiro atoms. The lowest BCUT2D eigenvalue weighted by molar-refractivity contribution is 0.612. The first-order valence-electron chi connectivity index (χ1n) is 7.53. The number of nitrogens with zero attached hydrogens (tertiary/aromatic N) is 3. The number of hydrogen-bond donors (Lipinski definition) is 0. The first kappa shape index (κ1) is 14.6. The van der Waals surface area contributed by atoms with Crippen molar-refractivity contribution in [2.75, 3.05) is 0 Å². The molecule has 4 rings (SSSR count). The topological polar surface area (TPSA) is 47.3 Å². The molecule has 1 atom stereocenters. The minimum absolute atomic E-state index is 0.0766. The smallest absolute Gasteiger partial charge is 0.266 e. The van der Waals surface area contributed by atoms with Gasteiger partial charge in [0, 0.05) is 10.6 Å². The zero-order chi connectivity index (χ0) is 15.8. The van der Waals surface area contributed by atoms with Crippen LogP contribution in [0, 0.1) is 5.92 Å². The van der Waals surface area contributed by atoms with Crippen LogP contribution in [0.3, 0.4) is 0 Å². The van der Waals surface area contributed by atoms with Crippen LogP contribution in [-0.4, -0.2) is 14.6 Å². The van der Waals surface area contributed by atoms with E-state index in [1.807, 2.05) is 12.1 Å². The molecule has 0 bridgehead atoms. The summed E-state index contributed by atoms with van der Waals surface area (Å²) < 4.78 is 2.14. The molecule has 4 nitrogen and oxygen atoms in total. The standard InChI is InChI=1S/C17H14ClN3OS/c18-13-8-6-12(7-9-13)15-19-17-21(20-15)16(22)14(23-17)10-11-4-2-1-3-5-11/h1-2,6-11H,3-5H2/b14-10-. The number of hydrogen-bond acceptors (Lipinski definition) is 4. The molecule has 0 radical (unpaired) electrons. The van der Waals surface area contributed by atoms with Gasteiger partial charge in [-0.1, -0.05) is 41.2 Å². The molecule has 0 fully saturated rings. The summed E-state index contributed by atoms with van der Waals surface area (Å²) in [5.74, 6) is 0.990. The predicted molar refractivity (Wildman–Crippen MR) is 93.7 cm³/mol. The Labute approximate surface area is 141 Å². The molecule has 116 valence electrons. The summed E-state index contributed by atoms with van der Waals surface area (Å²) >= 11 is 7.30. The van der Waals surface area contributed by atoms with Gasteiger partial charge in [0.2, 0.25) is 4.96 Å². The molecule has 1 unspecified atom stereocenters. The van der Waals surface area contributed by atoms with Crippen LogP contribution >= 0.6 is 22.9 Å². The van der Waals surface area contributed by atoms with Gasteiger partial charge in [0.15, 0.2) is 5.82 Å². The minimum atomic E-state index is -0.0766. The highest BCUT2D eigenvalue weighted by Crippen LogP contribution is 2.21. The minimum Gasteiger partial charge on any atom is -0.266 e.